The SMILES string of the molecule is CN(CCCl)CC(F)(F)c1ccccc1. The van der Waals surface area contributed by atoms with Crippen LogP contribution in [0.25, 0.3) is 0 Å². The molecule has 0 aliphatic heterocycles. The van der Waals surface area contributed by atoms with Crippen LogP contribution in [0.15, 0.2) is 30.3 Å². The summed E-state index contributed by atoms with van der Waals surface area (Å²) in [5, 5.41) is 0. The number of hydrogen-bond donors (Lipinski definition) is 0. The molecular weight excluding hydrogens is 220 g/mol. The second kappa shape index (κ2) is 5.42. The third kappa shape index (κ3) is 3.76. The van der Waals surface area contributed by atoms with Crippen LogP contribution in [-0.2, 0) is 5.92 Å². The Labute approximate surface area is 93.7 Å². The molecule has 0 fully saturated rings. The first-order valence-corrected chi connectivity index (χ1v) is 5.27. The van der Waals surface area contributed by atoms with E-state index in [1.165, 1.54) is 17.0 Å². The molecule has 0 atom stereocenters. The van der Waals surface area contributed by atoms with Gasteiger partial charge in [-0.2, -0.15) is 8.78 Å². The highest BCUT2D eigenvalue weighted by molar-refractivity contribution is 6.18. The fraction of sp³-hybridized carbons (Fsp3) is 0.455. The predicted octanol–water partition coefficient (Wildman–Crippen LogP) is 2.95. The molecule has 0 saturated carbocycles. The molecule has 84 valence electrons. The third-order valence-electron chi connectivity index (χ3n) is 2.13. The summed E-state index contributed by atoms with van der Waals surface area (Å²) >= 11 is 5.48. The number of benzene rings is 1. The number of rotatable bonds is 5. The minimum atomic E-state index is -2.82. The largest absolute Gasteiger partial charge is 0.299 e. The van der Waals surface area contributed by atoms with E-state index in [4.69, 9.17) is 11.6 Å². The molecule has 0 unspecified atom stereocenters. The highest BCUT2D eigenvalue weighted by Gasteiger charge is 2.32. The number of likely N-dealkylation sites (N-methyl/N-ethyl adjacent to an activating group) is 1. The second-order valence-corrected chi connectivity index (χ2v) is 3.88. The quantitative estimate of drug-likeness (QED) is 0.707. The number of nitrogens with zero attached hydrogens (tertiary/aromatic N) is 1. The molecule has 0 spiro atoms. The van der Waals surface area contributed by atoms with Crippen LogP contribution in [-0.4, -0.2) is 30.9 Å². The van der Waals surface area contributed by atoms with Crippen molar-refractivity contribution in [3.8, 4) is 0 Å². The molecule has 0 aromatic heterocycles. The lowest BCUT2D eigenvalue weighted by molar-refractivity contribution is -0.0309. The summed E-state index contributed by atoms with van der Waals surface area (Å²) in [6.45, 7) is 0.160. The smallest absolute Gasteiger partial charge is 0.285 e. The minimum absolute atomic E-state index is 0.0476. The third-order valence-corrected chi connectivity index (χ3v) is 2.30. The van der Waals surface area contributed by atoms with Gasteiger partial charge in [0.25, 0.3) is 5.92 Å². The van der Waals surface area contributed by atoms with E-state index in [0.29, 0.717) is 12.4 Å². The van der Waals surface area contributed by atoms with Crippen LogP contribution in [0.4, 0.5) is 8.78 Å². The average Bonchev–Trinajstić information content (AvgIpc) is 2.18. The Morgan fingerprint density at radius 2 is 1.87 bits per heavy atom. The molecule has 0 N–H and O–H groups in total. The zero-order valence-corrected chi connectivity index (χ0v) is 9.35. The summed E-state index contributed by atoms with van der Waals surface area (Å²) < 4.78 is 27.3. The van der Waals surface area contributed by atoms with Crippen molar-refractivity contribution in [3.63, 3.8) is 0 Å². The molecule has 1 aromatic rings. The van der Waals surface area contributed by atoms with Crippen molar-refractivity contribution in [2.24, 2.45) is 0 Å². The van der Waals surface area contributed by atoms with Gasteiger partial charge in [-0.1, -0.05) is 30.3 Å². The van der Waals surface area contributed by atoms with Crippen molar-refractivity contribution in [1.29, 1.82) is 0 Å². The number of alkyl halides is 3. The Kier molecular flexibility index (Phi) is 4.48. The van der Waals surface area contributed by atoms with Gasteiger partial charge in [0.05, 0.1) is 6.54 Å². The molecule has 0 radical (unpaired) electrons. The van der Waals surface area contributed by atoms with Crippen molar-refractivity contribution in [3.05, 3.63) is 35.9 Å². The molecule has 0 bridgehead atoms. The summed E-state index contributed by atoms with van der Waals surface area (Å²) in [7, 11) is 1.64. The lowest BCUT2D eigenvalue weighted by Gasteiger charge is -2.23. The first kappa shape index (κ1) is 12.4. The van der Waals surface area contributed by atoms with Gasteiger partial charge in [-0.05, 0) is 7.05 Å². The lowest BCUT2D eigenvalue weighted by Crippen LogP contribution is -2.33. The highest BCUT2D eigenvalue weighted by atomic mass is 35.5. The van der Waals surface area contributed by atoms with Gasteiger partial charge >= 0.3 is 0 Å². The minimum Gasteiger partial charge on any atom is -0.299 e. The Morgan fingerprint density at radius 3 is 2.40 bits per heavy atom. The fourth-order valence-electron chi connectivity index (χ4n) is 1.34. The van der Waals surface area contributed by atoms with Gasteiger partial charge in [-0.15, -0.1) is 11.6 Å². The van der Waals surface area contributed by atoms with Crippen molar-refractivity contribution in [1.82, 2.24) is 4.90 Å². The van der Waals surface area contributed by atoms with E-state index in [-0.39, 0.29) is 12.1 Å². The van der Waals surface area contributed by atoms with Crippen LogP contribution < -0.4 is 0 Å². The Hall–Kier alpha value is -0.670. The Bertz CT molecular complexity index is 290. The van der Waals surface area contributed by atoms with Gasteiger partial charge in [-0.25, -0.2) is 0 Å². The standard InChI is InChI=1S/C11H14ClF2N/c1-15(8-7-12)9-11(13,14)10-5-3-2-4-6-10/h2-6H,7-9H2,1H3. The van der Waals surface area contributed by atoms with E-state index in [2.05, 4.69) is 0 Å². The topological polar surface area (TPSA) is 3.24 Å². The van der Waals surface area contributed by atoms with E-state index in [0.717, 1.165) is 0 Å². The normalized spacial score (nSPS) is 12.1. The number of hydrogen-bond acceptors (Lipinski definition) is 1. The van der Waals surface area contributed by atoms with Crippen LogP contribution >= 0.6 is 11.6 Å². The molecule has 15 heavy (non-hydrogen) atoms. The van der Waals surface area contributed by atoms with Crippen LogP contribution in [0.3, 0.4) is 0 Å². The Morgan fingerprint density at radius 1 is 1.27 bits per heavy atom. The summed E-state index contributed by atoms with van der Waals surface area (Å²) in [6, 6.07) is 7.83. The van der Waals surface area contributed by atoms with E-state index in [1.54, 1.807) is 25.2 Å². The molecule has 0 aliphatic rings. The second-order valence-electron chi connectivity index (χ2n) is 3.50. The van der Waals surface area contributed by atoms with Gasteiger partial charge in [0.15, 0.2) is 0 Å². The van der Waals surface area contributed by atoms with Crippen molar-refractivity contribution < 1.29 is 8.78 Å². The maximum atomic E-state index is 13.6. The fourth-order valence-corrected chi connectivity index (χ4v) is 1.62. The number of halogens is 3. The molecule has 1 rings (SSSR count). The van der Waals surface area contributed by atoms with Gasteiger partial charge in [0.1, 0.15) is 0 Å². The molecule has 1 aromatic carbocycles. The Balaban J connectivity index is 2.67. The monoisotopic (exact) mass is 233 g/mol. The average molecular weight is 234 g/mol. The van der Waals surface area contributed by atoms with Gasteiger partial charge < -0.3 is 0 Å². The maximum Gasteiger partial charge on any atom is 0.285 e. The summed E-state index contributed by atoms with van der Waals surface area (Å²) in [6.07, 6.45) is 0. The highest BCUT2D eigenvalue weighted by Crippen LogP contribution is 2.28. The van der Waals surface area contributed by atoms with E-state index in [9.17, 15) is 8.78 Å². The first-order chi connectivity index (χ1) is 7.06. The van der Waals surface area contributed by atoms with Crippen molar-refractivity contribution in [2.45, 2.75) is 5.92 Å². The van der Waals surface area contributed by atoms with Gasteiger partial charge in [0.2, 0.25) is 0 Å². The molecule has 0 amide bonds. The van der Waals surface area contributed by atoms with Crippen LogP contribution in [0.5, 0.6) is 0 Å². The van der Waals surface area contributed by atoms with Crippen LogP contribution in [0.1, 0.15) is 5.56 Å². The van der Waals surface area contributed by atoms with Gasteiger partial charge in [0, 0.05) is 18.0 Å². The van der Waals surface area contributed by atoms with E-state index >= 15 is 0 Å². The molecule has 1 nitrogen and oxygen atoms in total. The van der Waals surface area contributed by atoms with Gasteiger partial charge in [-0.3, -0.25) is 4.90 Å². The zero-order chi connectivity index (χ0) is 11.3. The molecular formula is C11H14ClF2N. The molecule has 0 aliphatic carbocycles. The molecule has 4 heteroatoms. The summed E-state index contributed by atoms with van der Waals surface area (Å²) in [5.41, 5.74) is 0.0476. The maximum absolute atomic E-state index is 13.6. The van der Waals surface area contributed by atoms with E-state index < -0.39 is 5.92 Å². The van der Waals surface area contributed by atoms with Crippen molar-refractivity contribution >= 4 is 11.6 Å². The van der Waals surface area contributed by atoms with Crippen molar-refractivity contribution in [2.75, 3.05) is 26.0 Å². The zero-order valence-electron chi connectivity index (χ0n) is 8.59. The first-order valence-electron chi connectivity index (χ1n) is 4.74. The van der Waals surface area contributed by atoms with E-state index in [1.807, 2.05) is 0 Å². The van der Waals surface area contributed by atoms with Crippen LogP contribution in [0, 0.1) is 0 Å². The van der Waals surface area contributed by atoms with Crippen LogP contribution in [0.2, 0.25) is 0 Å². The molecule has 0 heterocycles. The summed E-state index contributed by atoms with van der Waals surface area (Å²) in [5.74, 6) is -2.45. The predicted molar refractivity (Wildman–Crippen MR) is 58.6 cm³/mol. The summed E-state index contributed by atoms with van der Waals surface area (Å²) in [4.78, 5) is 1.53. The molecule has 0 saturated heterocycles. The lowest BCUT2D eigenvalue weighted by atomic mass is 10.1.